The Labute approximate surface area is 275 Å². The molecule has 240 valence electrons. The van der Waals surface area contributed by atoms with Gasteiger partial charge in [0.05, 0.1) is 22.7 Å². The molecule has 0 saturated carbocycles. The third-order valence-electron chi connectivity index (χ3n) is 8.55. The minimum absolute atomic E-state index is 0.857. The molecule has 0 aromatic heterocycles. The van der Waals surface area contributed by atoms with Crippen molar-refractivity contribution in [2.24, 2.45) is 20.5 Å². The minimum atomic E-state index is 0.857. The number of nitrogens with zero attached hydrogens (tertiary/aromatic N) is 8. The van der Waals surface area contributed by atoms with Crippen LogP contribution in [-0.4, -0.2) is 53.4 Å². The van der Waals surface area contributed by atoms with Gasteiger partial charge in [-0.05, 0) is 110 Å². The van der Waals surface area contributed by atoms with Crippen LogP contribution < -0.4 is 19.6 Å². The Morgan fingerprint density at radius 2 is 0.739 bits per heavy atom. The van der Waals surface area contributed by atoms with Crippen molar-refractivity contribution in [3.63, 3.8) is 0 Å². The highest BCUT2D eigenvalue weighted by atomic mass is 15.3. The molecule has 4 aromatic rings. The predicted molar refractivity (Wildman–Crippen MR) is 195 cm³/mol. The van der Waals surface area contributed by atoms with E-state index in [4.69, 9.17) is 0 Å². The molecule has 0 radical (unpaired) electrons. The molecule has 0 spiro atoms. The van der Waals surface area contributed by atoms with Gasteiger partial charge in [-0.1, -0.05) is 26.7 Å². The lowest BCUT2D eigenvalue weighted by Crippen LogP contribution is -2.46. The molecule has 8 nitrogen and oxygen atoms in total. The molecule has 1 saturated heterocycles. The third-order valence-corrected chi connectivity index (χ3v) is 8.55. The maximum atomic E-state index is 4.46. The molecule has 1 heterocycles. The number of rotatable bonds is 14. The molecule has 8 heteroatoms. The first-order chi connectivity index (χ1) is 22.5. The van der Waals surface area contributed by atoms with Crippen molar-refractivity contribution < 1.29 is 0 Å². The largest absolute Gasteiger partial charge is 0.375 e. The second-order valence-electron chi connectivity index (χ2n) is 12.0. The van der Waals surface area contributed by atoms with Gasteiger partial charge >= 0.3 is 0 Å². The van der Waals surface area contributed by atoms with E-state index in [2.05, 4.69) is 117 Å². The average molecular weight is 617 g/mol. The second kappa shape index (κ2) is 16.5. The van der Waals surface area contributed by atoms with Crippen LogP contribution in [0.3, 0.4) is 0 Å². The van der Waals surface area contributed by atoms with Gasteiger partial charge in [-0.15, -0.1) is 0 Å². The van der Waals surface area contributed by atoms with Crippen LogP contribution in [0.4, 0.5) is 45.5 Å². The van der Waals surface area contributed by atoms with Crippen LogP contribution in [0.1, 0.15) is 39.5 Å². The molecule has 0 N–H and O–H groups in total. The van der Waals surface area contributed by atoms with Gasteiger partial charge in [0.15, 0.2) is 0 Å². The maximum Gasteiger partial charge on any atom is 0.0858 e. The van der Waals surface area contributed by atoms with Crippen molar-refractivity contribution in [2.75, 3.05) is 73.0 Å². The maximum absolute atomic E-state index is 4.46. The van der Waals surface area contributed by atoms with Crippen LogP contribution in [0.25, 0.3) is 0 Å². The summed E-state index contributed by atoms with van der Waals surface area (Å²) in [4.78, 5) is 9.42. The lowest BCUT2D eigenvalue weighted by Gasteiger charge is -2.37. The topological polar surface area (TPSA) is 62.4 Å². The van der Waals surface area contributed by atoms with Crippen LogP contribution >= 0.6 is 0 Å². The van der Waals surface area contributed by atoms with E-state index < -0.39 is 0 Å². The van der Waals surface area contributed by atoms with Gasteiger partial charge in [0.2, 0.25) is 0 Å². The van der Waals surface area contributed by atoms with Crippen molar-refractivity contribution in [1.82, 2.24) is 0 Å². The second-order valence-corrected chi connectivity index (χ2v) is 12.0. The fraction of sp³-hybridized carbons (Fsp3) is 0.368. The third kappa shape index (κ3) is 9.16. The predicted octanol–water partition coefficient (Wildman–Crippen LogP) is 10.3. The number of azo groups is 2. The van der Waals surface area contributed by atoms with Gasteiger partial charge in [-0.3, -0.25) is 0 Å². The fourth-order valence-electron chi connectivity index (χ4n) is 5.51. The van der Waals surface area contributed by atoms with E-state index in [1.165, 1.54) is 48.4 Å². The van der Waals surface area contributed by atoms with Crippen molar-refractivity contribution in [3.8, 4) is 0 Å². The zero-order valence-electron chi connectivity index (χ0n) is 27.9. The molecule has 1 aliphatic rings. The van der Waals surface area contributed by atoms with E-state index in [-0.39, 0.29) is 0 Å². The molecular weight excluding hydrogens is 568 g/mol. The Morgan fingerprint density at radius 3 is 1.02 bits per heavy atom. The molecule has 0 unspecified atom stereocenters. The average Bonchev–Trinajstić information content (AvgIpc) is 3.12. The van der Waals surface area contributed by atoms with E-state index >= 15 is 0 Å². The van der Waals surface area contributed by atoms with E-state index in [1.807, 2.05) is 48.5 Å². The van der Waals surface area contributed by atoms with Gasteiger partial charge in [-0.2, -0.15) is 20.5 Å². The summed E-state index contributed by atoms with van der Waals surface area (Å²) in [6.45, 7) is 10.4. The minimum Gasteiger partial charge on any atom is -0.375 e. The summed E-state index contributed by atoms with van der Waals surface area (Å²) in [5.41, 5.74) is 8.29. The van der Waals surface area contributed by atoms with E-state index in [0.29, 0.717) is 0 Å². The number of unbranched alkanes of at least 4 members (excludes halogenated alkanes) is 2. The van der Waals surface area contributed by atoms with Gasteiger partial charge in [0, 0.05) is 76.1 Å². The van der Waals surface area contributed by atoms with Crippen LogP contribution in [0, 0.1) is 0 Å². The first-order valence-corrected chi connectivity index (χ1v) is 16.7. The highest BCUT2D eigenvalue weighted by Crippen LogP contribution is 2.27. The Morgan fingerprint density at radius 1 is 0.457 bits per heavy atom. The zero-order valence-corrected chi connectivity index (χ0v) is 27.9. The van der Waals surface area contributed by atoms with Crippen molar-refractivity contribution >= 4 is 45.5 Å². The van der Waals surface area contributed by atoms with E-state index in [0.717, 1.165) is 62.0 Å². The molecule has 0 aliphatic carbocycles. The molecule has 1 fully saturated rings. The highest BCUT2D eigenvalue weighted by molar-refractivity contribution is 5.58. The lowest BCUT2D eigenvalue weighted by atomic mass is 10.2. The normalized spacial score (nSPS) is 13.6. The van der Waals surface area contributed by atoms with Crippen LogP contribution in [0.5, 0.6) is 0 Å². The molecule has 0 bridgehead atoms. The summed E-state index contributed by atoms with van der Waals surface area (Å²) in [5, 5.41) is 17.8. The van der Waals surface area contributed by atoms with Gasteiger partial charge in [-0.25, -0.2) is 0 Å². The molecule has 4 aromatic carbocycles. The van der Waals surface area contributed by atoms with Crippen LogP contribution in [0.15, 0.2) is 118 Å². The molecule has 1 aliphatic heterocycles. The van der Waals surface area contributed by atoms with E-state index in [9.17, 15) is 0 Å². The van der Waals surface area contributed by atoms with Gasteiger partial charge < -0.3 is 19.6 Å². The lowest BCUT2D eigenvalue weighted by molar-refractivity contribution is 0.653. The summed E-state index contributed by atoms with van der Waals surface area (Å²) in [5.74, 6) is 0. The fourth-order valence-corrected chi connectivity index (χ4v) is 5.51. The summed E-state index contributed by atoms with van der Waals surface area (Å²) in [7, 11) is 4.27. The first-order valence-electron chi connectivity index (χ1n) is 16.7. The monoisotopic (exact) mass is 616 g/mol. The Hall–Kier alpha value is -4.72. The molecule has 46 heavy (non-hydrogen) atoms. The number of anilines is 4. The zero-order chi connectivity index (χ0) is 32.1. The number of hydrogen-bond donors (Lipinski definition) is 0. The van der Waals surface area contributed by atoms with Gasteiger partial charge in [0.25, 0.3) is 0 Å². The highest BCUT2D eigenvalue weighted by Gasteiger charge is 2.17. The van der Waals surface area contributed by atoms with Crippen molar-refractivity contribution in [2.45, 2.75) is 39.5 Å². The molecule has 5 rings (SSSR count). The molecule has 0 amide bonds. The van der Waals surface area contributed by atoms with Crippen molar-refractivity contribution in [1.29, 1.82) is 0 Å². The Bertz CT molecular complexity index is 1400. The standard InChI is InChI=1S/C38H48N8/c1-5-7-25-43(3)35-17-9-31(10-18-35)39-41-33-13-21-37(22-14-33)45-27-29-46(30-28-45)38-23-15-34(16-24-38)42-40-32-11-19-36(20-12-32)44(4)26-8-6-2/h9-24H,5-8,25-30H2,1-4H3/b41-39+,42-40+. The van der Waals surface area contributed by atoms with Crippen molar-refractivity contribution in [3.05, 3.63) is 97.1 Å². The summed E-state index contributed by atoms with van der Waals surface area (Å²) in [6, 6.07) is 33.3. The molecule has 0 atom stereocenters. The number of benzene rings is 4. The molecular formula is C38H48N8. The van der Waals surface area contributed by atoms with E-state index in [1.54, 1.807) is 0 Å². The summed E-state index contributed by atoms with van der Waals surface area (Å²) >= 11 is 0. The van der Waals surface area contributed by atoms with Crippen LogP contribution in [-0.2, 0) is 0 Å². The quantitative estimate of drug-likeness (QED) is 0.132. The summed E-state index contributed by atoms with van der Waals surface area (Å²) < 4.78 is 0. The SMILES string of the molecule is CCCCN(C)c1ccc(/N=N/c2ccc(N3CCN(c4ccc(/N=N/c5ccc(N(C)CCCC)cc5)cc4)CC3)cc2)cc1. The summed E-state index contributed by atoms with van der Waals surface area (Å²) in [6.07, 6.45) is 4.78. The number of hydrogen-bond acceptors (Lipinski definition) is 8. The number of piperazine rings is 1. The van der Waals surface area contributed by atoms with Gasteiger partial charge in [0.1, 0.15) is 0 Å². The Kier molecular flexibility index (Phi) is 11.8. The van der Waals surface area contributed by atoms with Crippen LogP contribution in [0.2, 0.25) is 0 Å². The smallest absolute Gasteiger partial charge is 0.0858 e. The Balaban J connectivity index is 1.08. The first kappa shape index (κ1) is 32.7.